The van der Waals surface area contributed by atoms with E-state index in [0.717, 1.165) is 36.3 Å². The summed E-state index contributed by atoms with van der Waals surface area (Å²) in [6.07, 6.45) is 3.42. The Labute approximate surface area is 219 Å². The third-order valence-electron chi connectivity index (χ3n) is 7.00. The van der Waals surface area contributed by atoms with E-state index in [1.54, 1.807) is 34.1 Å². The van der Waals surface area contributed by atoms with Crippen LogP contribution < -0.4 is 5.32 Å². The molecule has 3 amide bonds. The Bertz CT molecular complexity index is 1130. The van der Waals surface area contributed by atoms with Crippen molar-refractivity contribution in [3.8, 4) is 0 Å². The molecule has 3 aliphatic rings. The van der Waals surface area contributed by atoms with Gasteiger partial charge in [0.1, 0.15) is 18.4 Å². The highest BCUT2D eigenvalue weighted by atomic mass is 32.2. The summed E-state index contributed by atoms with van der Waals surface area (Å²) in [4.78, 5) is 54.0. The Balaban J connectivity index is 1.24. The fraction of sp³-hybridized carbons (Fsp3) is 0.407. The second-order valence-corrected chi connectivity index (χ2v) is 12.0. The highest BCUT2D eigenvalue weighted by Gasteiger charge is 2.42. The van der Waals surface area contributed by atoms with E-state index in [-0.39, 0.29) is 17.7 Å². The van der Waals surface area contributed by atoms with Crippen LogP contribution in [-0.4, -0.2) is 70.5 Å². The van der Waals surface area contributed by atoms with Crippen LogP contribution in [0.4, 0.5) is 5.69 Å². The standard InChI is InChI=1S/C27H29N3O4S2/c31-17-18-5-7-19(8-6-18)25(33)30-14-2-4-23(30)26(34)29-13-1-3-22(29)24(32)28-21-11-9-20(10-12-21)27-35-15-16-36-27/h5-12,17,22-23,27H,1-4,13-16H2,(H,28,32)/t22-,23-/m1/s1. The smallest absolute Gasteiger partial charge is 0.254 e. The number of benzene rings is 2. The summed E-state index contributed by atoms with van der Waals surface area (Å²) in [5.41, 5.74) is 2.93. The average molecular weight is 524 g/mol. The summed E-state index contributed by atoms with van der Waals surface area (Å²) < 4.78 is 0.456. The third kappa shape index (κ3) is 5.18. The Morgan fingerprint density at radius 1 is 0.833 bits per heavy atom. The first kappa shape index (κ1) is 24.9. The fourth-order valence-electron chi connectivity index (χ4n) is 5.13. The van der Waals surface area contributed by atoms with Crippen molar-refractivity contribution in [1.82, 2.24) is 9.80 Å². The minimum Gasteiger partial charge on any atom is -0.329 e. The van der Waals surface area contributed by atoms with Gasteiger partial charge in [-0.05, 0) is 55.5 Å². The molecule has 0 aliphatic carbocycles. The molecular formula is C27H29N3O4S2. The number of hydrogen-bond acceptors (Lipinski definition) is 6. The van der Waals surface area contributed by atoms with Crippen LogP contribution >= 0.6 is 23.5 Å². The van der Waals surface area contributed by atoms with Crippen molar-refractivity contribution in [2.24, 2.45) is 0 Å². The highest BCUT2D eigenvalue weighted by Crippen LogP contribution is 2.45. The number of amides is 3. The molecule has 3 fully saturated rings. The molecule has 2 aromatic rings. The van der Waals surface area contributed by atoms with E-state index in [1.165, 1.54) is 5.56 Å². The zero-order valence-corrected chi connectivity index (χ0v) is 21.6. The number of hydrogen-bond donors (Lipinski definition) is 1. The van der Waals surface area contributed by atoms with E-state index < -0.39 is 12.1 Å². The number of thioether (sulfide) groups is 2. The Morgan fingerprint density at radius 3 is 2.14 bits per heavy atom. The fourth-order valence-corrected chi connectivity index (χ4v) is 7.99. The lowest BCUT2D eigenvalue weighted by molar-refractivity contribution is -0.139. The van der Waals surface area contributed by atoms with Crippen molar-refractivity contribution in [1.29, 1.82) is 0 Å². The van der Waals surface area contributed by atoms with Crippen LogP contribution in [-0.2, 0) is 9.59 Å². The summed E-state index contributed by atoms with van der Waals surface area (Å²) >= 11 is 3.89. The van der Waals surface area contributed by atoms with E-state index in [9.17, 15) is 19.2 Å². The number of aldehydes is 1. The summed E-state index contributed by atoms with van der Waals surface area (Å²) in [6.45, 7) is 1.01. The molecule has 9 heteroatoms. The van der Waals surface area contributed by atoms with Gasteiger partial charge in [-0.15, -0.1) is 23.5 Å². The van der Waals surface area contributed by atoms with E-state index in [0.29, 0.717) is 41.6 Å². The van der Waals surface area contributed by atoms with Crippen molar-refractivity contribution in [3.05, 3.63) is 65.2 Å². The molecule has 2 aromatic carbocycles. The molecule has 36 heavy (non-hydrogen) atoms. The monoisotopic (exact) mass is 523 g/mol. The van der Waals surface area contributed by atoms with Crippen molar-refractivity contribution in [3.63, 3.8) is 0 Å². The molecule has 0 radical (unpaired) electrons. The lowest BCUT2D eigenvalue weighted by Crippen LogP contribution is -2.51. The predicted molar refractivity (Wildman–Crippen MR) is 143 cm³/mol. The van der Waals surface area contributed by atoms with Crippen LogP contribution in [0.3, 0.4) is 0 Å². The second-order valence-electron chi connectivity index (χ2n) is 9.27. The maximum atomic E-state index is 13.6. The van der Waals surface area contributed by atoms with Crippen LogP contribution in [0.2, 0.25) is 0 Å². The Morgan fingerprint density at radius 2 is 1.47 bits per heavy atom. The summed E-state index contributed by atoms with van der Waals surface area (Å²) in [5, 5.41) is 2.99. The molecule has 0 unspecified atom stereocenters. The molecule has 5 rings (SSSR count). The number of rotatable bonds is 6. The predicted octanol–water partition coefficient (Wildman–Crippen LogP) is 4.21. The normalized spacial score (nSPS) is 22.1. The minimum atomic E-state index is -0.572. The molecule has 0 aromatic heterocycles. The molecule has 3 aliphatic heterocycles. The van der Waals surface area contributed by atoms with E-state index in [4.69, 9.17) is 0 Å². The first-order valence-electron chi connectivity index (χ1n) is 12.4. The molecule has 1 N–H and O–H groups in total. The molecule has 2 atom stereocenters. The summed E-state index contributed by atoms with van der Waals surface area (Å²) in [6, 6.07) is 13.3. The van der Waals surface area contributed by atoms with Gasteiger partial charge >= 0.3 is 0 Å². The van der Waals surface area contributed by atoms with Gasteiger partial charge in [0.15, 0.2) is 0 Å². The van der Waals surface area contributed by atoms with Crippen LogP contribution in [0.15, 0.2) is 48.5 Å². The zero-order chi connectivity index (χ0) is 25.1. The molecule has 3 heterocycles. The van der Waals surface area contributed by atoms with Gasteiger partial charge in [-0.1, -0.05) is 24.3 Å². The van der Waals surface area contributed by atoms with Gasteiger partial charge in [0.05, 0.1) is 4.58 Å². The number of nitrogens with zero attached hydrogens (tertiary/aromatic N) is 2. The van der Waals surface area contributed by atoms with Crippen LogP contribution in [0.5, 0.6) is 0 Å². The molecule has 3 saturated heterocycles. The van der Waals surface area contributed by atoms with E-state index in [1.807, 2.05) is 35.7 Å². The van der Waals surface area contributed by atoms with Crippen molar-refractivity contribution in [2.45, 2.75) is 42.3 Å². The topological polar surface area (TPSA) is 86.8 Å². The van der Waals surface area contributed by atoms with Crippen LogP contribution in [0.1, 0.15) is 56.5 Å². The largest absolute Gasteiger partial charge is 0.329 e. The SMILES string of the molecule is O=Cc1ccc(C(=O)N2CCC[C@@H]2C(=O)N2CCC[C@@H]2C(=O)Nc2ccc(C3SCCS3)cc2)cc1. The quantitative estimate of drug-likeness (QED) is 0.571. The van der Waals surface area contributed by atoms with Crippen LogP contribution in [0.25, 0.3) is 0 Å². The van der Waals surface area contributed by atoms with Crippen molar-refractivity contribution < 1.29 is 19.2 Å². The number of nitrogens with one attached hydrogen (secondary N) is 1. The van der Waals surface area contributed by atoms with E-state index >= 15 is 0 Å². The van der Waals surface area contributed by atoms with Gasteiger partial charge in [0, 0.05) is 41.4 Å². The van der Waals surface area contributed by atoms with Gasteiger partial charge < -0.3 is 15.1 Å². The van der Waals surface area contributed by atoms with Gasteiger partial charge in [0.25, 0.3) is 5.91 Å². The average Bonchev–Trinajstić information content (AvgIpc) is 3.70. The minimum absolute atomic E-state index is 0.159. The zero-order valence-electron chi connectivity index (χ0n) is 19.9. The first-order valence-corrected chi connectivity index (χ1v) is 14.5. The van der Waals surface area contributed by atoms with Gasteiger partial charge in [0.2, 0.25) is 11.8 Å². The Kier molecular flexibility index (Phi) is 7.67. The van der Waals surface area contributed by atoms with Gasteiger partial charge in [-0.3, -0.25) is 19.2 Å². The molecular weight excluding hydrogens is 494 g/mol. The molecule has 188 valence electrons. The lowest BCUT2D eigenvalue weighted by Gasteiger charge is -2.31. The van der Waals surface area contributed by atoms with Gasteiger partial charge in [-0.2, -0.15) is 0 Å². The molecule has 0 saturated carbocycles. The highest BCUT2D eigenvalue weighted by molar-refractivity contribution is 8.19. The maximum Gasteiger partial charge on any atom is 0.254 e. The number of carbonyl (C=O) groups is 4. The second kappa shape index (κ2) is 11.1. The Hall–Kier alpha value is -2.78. The number of carbonyl (C=O) groups excluding carboxylic acids is 4. The van der Waals surface area contributed by atoms with Crippen LogP contribution in [0, 0.1) is 0 Å². The summed E-state index contributed by atoms with van der Waals surface area (Å²) in [7, 11) is 0. The molecule has 0 bridgehead atoms. The maximum absolute atomic E-state index is 13.6. The number of anilines is 1. The number of likely N-dealkylation sites (tertiary alicyclic amines) is 2. The van der Waals surface area contributed by atoms with E-state index in [2.05, 4.69) is 17.4 Å². The third-order valence-corrected chi connectivity index (χ3v) is 10.1. The van der Waals surface area contributed by atoms with Gasteiger partial charge in [-0.25, -0.2) is 0 Å². The first-order chi connectivity index (χ1) is 17.5. The lowest BCUT2D eigenvalue weighted by atomic mass is 10.1. The van der Waals surface area contributed by atoms with Crippen molar-refractivity contribution in [2.75, 3.05) is 29.9 Å². The molecule has 0 spiro atoms. The van der Waals surface area contributed by atoms with Crippen molar-refractivity contribution >= 4 is 53.2 Å². The summed E-state index contributed by atoms with van der Waals surface area (Å²) in [5.74, 6) is 1.76. The molecule has 7 nitrogen and oxygen atoms in total.